The standard InChI is InChI=1S/C30H46O2/c1-10-27(31-22-23-12-14-24(15-13-23)28(3,4)5)20-21-32-30(9,11-2)26-18-16-25(17-19-26)29(6,7)8/h12-19,27H,10-11,20-22H2,1-9H3. The van der Waals surface area contributed by atoms with Gasteiger partial charge in [0.1, 0.15) is 0 Å². The first-order chi connectivity index (χ1) is 14.9. The smallest absolute Gasteiger partial charge is 0.0900 e. The fraction of sp³-hybridized carbons (Fsp3) is 0.600. The molecule has 2 atom stereocenters. The number of hydrogen-bond donors (Lipinski definition) is 0. The Kier molecular flexibility index (Phi) is 9.14. The zero-order valence-electron chi connectivity index (χ0n) is 22.0. The van der Waals surface area contributed by atoms with Gasteiger partial charge in [0.05, 0.1) is 24.9 Å². The normalized spacial score (nSPS) is 15.4. The lowest BCUT2D eigenvalue weighted by Crippen LogP contribution is -2.27. The predicted octanol–water partition coefficient (Wildman–Crippen LogP) is 8.31. The van der Waals surface area contributed by atoms with Gasteiger partial charge in [-0.1, -0.05) is 104 Å². The van der Waals surface area contributed by atoms with E-state index in [0.717, 1.165) is 19.3 Å². The second-order valence-electron chi connectivity index (χ2n) is 11.3. The maximum absolute atomic E-state index is 6.45. The van der Waals surface area contributed by atoms with E-state index in [1.807, 2.05) is 0 Å². The lowest BCUT2D eigenvalue weighted by Gasteiger charge is -2.31. The van der Waals surface area contributed by atoms with E-state index in [1.54, 1.807) is 0 Å². The van der Waals surface area contributed by atoms with Crippen LogP contribution in [-0.2, 0) is 32.5 Å². The first kappa shape index (κ1) is 26.6. The summed E-state index contributed by atoms with van der Waals surface area (Å²) in [7, 11) is 0. The molecule has 0 N–H and O–H groups in total. The van der Waals surface area contributed by atoms with Crippen molar-refractivity contribution in [2.24, 2.45) is 0 Å². The van der Waals surface area contributed by atoms with Crippen LogP contribution in [0.25, 0.3) is 0 Å². The molecule has 0 aliphatic carbocycles. The lowest BCUT2D eigenvalue weighted by atomic mass is 9.84. The Morgan fingerprint density at radius 3 is 1.59 bits per heavy atom. The van der Waals surface area contributed by atoms with Crippen molar-refractivity contribution in [2.45, 2.75) is 111 Å². The van der Waals surface area contributed by atoms with Crippen molar-refractivity contribution in [2.75, 3.05) is 6.61 Å². The second-order valence-corrected chi connectivity index (χ2v) is 11.3. The molecule has 2 rings (SSSR count). The molecular formula is C30H46O2. The Bertz CT molecular complexity index is 806. The molecule has 0 saturated carbocycles. The molecule has 2 aromatic rings. The molecular weight excluding hydrogens is 392 g/mol. The van der Waals surface area contributed by atoms with Gasteiger partial charge in [-0.15, -0.1) is 0 Å². The average molecular weight is 439 g/mol. The Hall–Kier alpha value is -1.64. The van der Waals surface area contributed by atoms with Crippen LogP contribution in [0.15, 0.2) is 48.5 Å². The molecule has 0 aliphatic heterocycles. The molecule has 32 heavy (non-hydrogen) atoms. The van der Waals surface area contributed by atoms with Gasteiger partial charge >= 0.3 is 0 Å². The minimum absolute atomic E-state index is 0.167. The van der Waals surface area contributed by atoms with E-state index < -0.39 is 0 Å². The van der Waals surface area contributed by atoms with Gasteiger partial charge in [0.2, 0.25) is 0 Å². The van der Waals surface area contributed by atoms with Gasteiger partial charge in [0.25, 0.3) is 0 Å². The van der Waals surface area contributed by atoms with Crippen molar-refractivity contribution >= 4 is 0 Å². The topological polar surface area (TPSA) is 18.5 Å². The van der Waals surface area contributed by atoms with Gasteiger partial charge in [0, 0.05) is 0 Å². The third-order valence-corrected chi connectivity index (χ3v) is 6.66. The Labute approximate surface area is 197 Å². The van der Waals surface area contributed by atoms with E-state index in [2.05, 4.69) is 111 Å². The highest BCUT2D eigenvalue weighted by molar-refractivity contribution is 5.30. The average Bonchev–Trinajstić information content (AvgIpc) is 2.75. The van der Waals surface area contributed by atoms with Gasteiger partial charge in [-0.25, -0.2) is 0 Å². The summed E-state index contributed by atoms with van der Waals surface area (Å²) in [5, 5.41) is 0. The molecule has 178 valence electrons. The lowest BCUT2D eigenvalue weighted by molar-refractivity contribution is -0.0618. The maximum Gasteiger partial charge on any atom is 0.0900 e. The number of hydrogen-bond acceptors (Lipinski definition) is 2. The summed E-state index contributed by atoms with van der Waals surface area (Å²) in [4.78, 5) is 0. The molecule has 0 amide bonds. The first-order valence-electron chi connectivity index (χ1n) is 12.3. The van der Waals surface area contributed by atoms with Crippen molar-refractivity contribution in [3.63, 3.8) is 0 Å². The van der Waals surface area contributed by atoms with Crippen molar-refractivity contribution in [3.8, 4) is 0 Å². The summed E-state index contributed by atoms with van der Waals surface area (Å²) in [5.74, 6) is 0. The fourth-order valence-electron chi connectivity index (χ4n) is 3.85. The van der Waals surface area contributed by atoms with E-state index in [1.165, 1.54) is 22.3 Å². The second kappa shape index (κ2) is 11.0. The molecule has 0 bridgehead atoms. The summed E-state index contributed by atoms with van der Waals surface area (Å²) in [5.41, 5.74) is 5.28. The largest absolute Gasteiger partial charge is 0.373 e. The minimum atomic E-state index is -0.266. The summed E-state index contributed by atoms with van der Waals surface area (Å²) >= 11 is 0. The molecule has 0 heterocycles. The Morgan fingerprint density at radius 1 is 0.688 bits per heavy atom. The number of benzene rings is 2. The molecule has 0 saturated heterocycles. The third-order valence-electron chi connectivity index (χ3n) is 6.66. The van der Waals surface area contributed by atoms with Crippen molar-refractivity contribution in [1.82, 2.24) is 0 Å². The zero-order chi connectivity index (χ0) is 24.0. The minimum Gasteiger partial charge on any atom is -0.373 e. The van der Waals surface area contributed by atoms with E-state index in [-0.39, 0.29) is 22.5 Å². The highest BCUT2D eigenvalue weighted by Gasteiger charge is 2.26. The van der Waals surface area contributed by atoms with Gasteiger partial charge in [-0.05, 0) is 59.3 Å². The van der Waals surface area contributed by atoms with Crippen LogP contribution < -0.4 is 0 Å². The van der Waals surface area contributed by atoms with E-state index >= 15 is 0 Å². The Morgan fingerprint density at radius 2 is 1.16 bits per heavy atom. The molecule has 0 fully saturated rings. The molecule has 0 aliphatic rings. The van der Waals surface area contributed by atoms with E-state index in [4.69, 9.17) is 9.47 Å². The number of rotatable bonds is 10. The first-order valence-corrected chi connectivity index (χ1v) is 12.3. The maximum atomic E-state index is 6.45. The van der Waals surface area contributed by atoms with Gasteiger partial charge in [-0.3, -0.25) is 0 Å². The van der Waals surface area contributed by atoms with Crippen molar-refractivity contribution in [3.05, 3.63) is 70.8 Å². The van der Waals surface area contributed by atoms with Crippen LogP contribution in [0.3, 0.4) is 0 Å². The summed E-state index contributed by atoms with van der Waals surface area (Å²) in [6, 6.07) is 17.8. The van der Waals surface area contributed by atoms with Gasteiger partial charge in [0.15, 0.2) is 0 Å². The van der Waals surface area contributed by atoms with Crippen LogP contribution in [-0.4, -0.2) is 12.7 Å². The van der Waals surface area contributed by atoms with Crippen molar-refractivity contribution < 1.29 is 9.47 Å². The van der Waals surface area contributed by atoms with E-state index in [0.29, 0.717) is 13.2 Å². The predicted molar refractivity (Wildman–Crippen MR) is 137 cm³/mol. The zero-order valence-corrected chi connectivity index (χ0v) is 22.0. The molecule has 2 heteroatoms. The highest BCUT2D eigenvalue weighted by atomic mass is 16.5. The fourth-order valence-corrected chi connectivity index (χ4v) is 3.85. The monoisotopic (exact) mass is 438 g/mol. The van der Waals surface area contributed by atoms with Crippen LogP contribution in [0.4, 0.5) is 0 Å². The summed E-state index contributed by atoms with van der Waals surface area (Å²) in [6.45, 7) is 21.4. The molecule has 2 unspecified atom stereocenters. The van der Waals surface area contributed by atoms with Crippen LogP contribution in [0.5, 0.6) is 0 Å². The molecule has 0 aromatic heterocycles. The SMILES string of the molecule is CCC(CCOC(C)(CC)c1ccc(C(C)(C)C)cc1)OCc1ccc(C(C)(C)C)cc1. The third kappa shape index (κ3) is 7.46. The summed E-state index contributed by atoms with van der Waals surface area (Å²) in [6.07, 6.45) is 3.06. The molecule has 0 radical (unpaired) electrons. The summed E-state index contributed by atoms with van der Waals surface area (Å²) < 4.78 is 12.7. The van der Waals surface area contributed by atoms with Gasteiger partial charge < -0.3 is 9.47 Å². The van der Waals surface area contributed by atoms with Crippen molar-refractivity contribution in [1.29, 1.82) is 0 Å². The highest BCUT2D eigenvalue weighted by Crippen LogP contribution is 2.32. The van der Waals surface area contributed by atoms with Crippen LogP contribution in [0, 0.1) is 0 Å². The quantitative estimate of drug-likeness (QED) is 0.371. The molecule has 2 aromatic carbocycles. The van der Waals surface area contributed by atoms with Crippen LogP contribution >= 0.6 is 0 Å². The van der Waals surface area contributed by atoms with Crippen LogP contribution in [0.2, 0.25) is 0 Å². The van der Waals surface area contributed by atoms with E-state index in [9.17, 15) is 0 Å². The molecule has 2 nitrogen and oxygen atoms in total. The Balaban J connectivity index is 1.90. The van der Waals surface area contributed by atoms with Crippen LogP contribution in [0.1, 0.15) is 104 Å². The number of ether oxygens (including phenoxy) is 2. The molecule has 0 spiro atoms. The van der Waals surface area contributed by atoms with Gasteiger partial charge in [-0.2, -0.15) is 0 Å².